The molecule has 2 unspecified atom stereocenters. The lowest BCUT2D eigenvalue weighted by atomic mass is 10.1. The Morgan fingerprint density at radius 2 is 2.41 bits per heavy atom. The molecule has 0 bridgehead atoms. The molecule has 17 heavy (non-hydrogen) atoms. The van der Waals surface area contributed by atoms with Crippen LogP contribution in [-0.4, -0.2) is 37.4 Å². The number of morpholine rings is 1. The minimum Gasteiger partial charge on any atom is -0.508 e. The highest BCUT2D eigenvalue weighted by atomic mass is 16.5. The number of ether oxygens (including phenoxy) is 2. The second kappa shape index (κ2) is 5.16. The topological polar surface area (TPSA) is 67.8 Å². The number of rotatable bonds is 2. The van der Waals surface area contributed by atoms with Gasteiger partial charge in [0.1, 0.15) is 11.8 Å². The molecule has 5 nitrogen and oxygen atoms in total. The highest BCUT2D eigenvalue weighted by Crippen LogP contribution is 2.23. The maximum atomic E-state index is 11.3. The zero-order valence-electron chi connectivity index (χ0n) is 9.55. The normalized spacial score (nSPS) is 24.3. The van der Waals surface area contributed by atoms with Crippen LogP contribution in [0.3, 0.4) is 0 Å². The molecule has 0 amide bonds. The van der Waals surface area contributed by atoms with Crippen LogP contribution in [0.1, 0.15) is 11.7 Å². The van der Waals surface area contributed by atoms with E-state index < -0.39 is 6.04 Å². The minimum absolute atomic E-state index is 0.150. The van der Waals surface area contributed by atoms with Crippen molar-refractivity contribution in [1.29, 1.82) is 0 Å². The number of benzene rings is 1. The van der Waals surface area contributed by atoms with E-state index in [1.807, 2.05) is 6.07 Å². The van der Waals surface area contributed by atoms with E-state index in [0.29, 0.717) is 6.54 Å². The molecule has 0 spiro atoms. The van der Waals surface area contributed by atoms with E-state index >= 15 is 0 Å². The number of esters is 1. The van der Waals surface area contributed by atoms with Crippen molar-refractivity contribution in [2.75, 3.05) is 20.3 Å². The number of aromatic hydroxyl groups is 1. The van der Waals surface area contributed by atoms with Gasteiger partial charge >= 0.3 is 5.97 Å². The van der Waals surface area contributed by atoms with Crippen LogP contribution in [0.2, 0.25) is 0 Å². The van der Waals surface area contributed by atoms with Gasteiger partial charge in [-0.05, 0) is 17.7 Å². The Kier molecular flexibility index (Phi) is 3.61. The number of carbonyl (C=O) groups excluding carboxylic acids is 1. The highest BCUT2D eigenvalue weighted by molar-refractivity contribution is 5.75. The monoisotopic (exact) mass is 237 g/mol. The number of methoxy groups -OCH3 is 1. The maximum absolute atomic E-state index is 11.3. The van der Waals surface area contributed by atoms with Gasteiger partial charge in [-0.15, -0.1) is 0 Å². The molecule has 5 heteroatoms. The van der Waals surface area contributed by atoms with Crippen LogP contribution < -0.4 is 5.32 Å². The SMILES string of the molecule is COC(=O)C1COC(c2cccc(O)c2)CN1. The van der Waals surface area contributed by atoms with E-state index in [1.165, 1.54) is 7.11 Å². The fraction of sp³-hybridized carbons (Fsp3) is 0.417. The fourth-order valence-corrected chi connectivity index (χ4v) is 1.81. The van der Waals surface area contributed by atoms with Gasteiger partial charge in [0.15, 0.2) is 0 Å². The molecule has 2 rings (SSSR count). The van der Waals surface area contributed by atoms with Crippen LogP contribution in [0.15, 0.2) is 24.3 Å². The molecule has 1 aliphatic heterocycles. The number of hydrogen-bond donors (Lipinski definition) is 2. The number of hydrogen-bond acceptors (Lipinski definition) is 5. The number of phenols is 1. The maximum Gasteiger partial charge on any atom is 0.325 e. The first kappa shape index (κ1) is 11.9. The van der Waals surface area contributed by atoms with Crippen molar-refractivity contribution in [2.45, 2.75) is 12.1 Å². The van der Waals surface area contributed by atoms with Gasteiger partial charge in [0.2, 0.25) is 0 Å². The molecule has 1 aromatic carbocycles. The summed E-state index contributed by atoms with van der Waals surface area (Å²) in [6, 6.07) is 6.50. The number of carbonyl (C=O) groups is 1. The smallest absolute Gasteiger partial charge is 0.325 e. The number of phenolic OH excluding ortho intramolecular Hbond substituents is 1. The van der Waals surface area contributed by atoms with Crippen LogP contribution >= 0.6 is 0 Å². The van der Waals surface area contributed by atoms with E-state index in [-0.39, 0.29) is 24.4 Å². The van der Waals surface area contributed by atoms with Gasteiger partial charge < -0.3 is 14.6 Å². The fourth-order valence-electron chi connectivity index (χ4n) is 1.81. The molecule has 1 fully saturated rings. The zero-order valence-corrected chi connectivity index (χ0v) is 9.55. The third-order valence-corrected chi connectivity index (χ3v) is 2.74. The van der Waals surface area contributed by atoms with E-state index in [4.69, 9.17) is 4.74 Å². The van der Waals surface area contributed by atoms with Crippen LogP contribution in [0.5, 0.6) is 5.75 Å². The van der Waals surface area contributed by atoms with Gasteiger partial charge in [-0.2, -0.15) is 0 Å². The minimum atomic E-state index is -0.409. The second-order valence-electron chi connectivity index (χ2n) is 3.90. The van der Waals surface area contributed by atoms with Crippen molar-refractivity contribution in [1.82, 2.24) is 5.32 Å². The van der Waals surface area contributed by atoms with Gasteiger partial charge in [0.25, 0.3) is 0 Å². The van der Waals surface area contributed by atoms with Crippen molar-refractivity contribution in [2.24, 2.45) is 0 Å². The molecule has 2 N–H and O–H groups in total. The average Bonchev–Trinajstić information content (AvgIpc) is 2.38. The predicted molar refractivity (Wildman–Crippen MR) is 60.6 cm³/mol. The van der Waals surface area contributed by atoms with Crippen LogP contribution in [-0.2, 0) is 14.3 Å². The lowest BCUT2D eigenvalue weighted by Crippen LogP contribution is -2.48. The largest absolute Gasteiger partial charge is 0.508 e. The van der Waals surface area contributed by atoms with Crippen LogP contribution in [0, 0.1) is 0 Å². The van der Waals surface area contributed by atoms with E-state index in [9.17, 15) is 9.90 Å². The molecule has 1 aliphatic rings. The van der Waals surface area contributed by atoms with E-state index in [1.54, 1.807) is 18.2 Å². The summed E-state index contributed by atoms with van der Waals surface area (Å²) in [4.78, 5) is 11.3. The molecule has 92 valence electrons. The summed E-state index contributed by atoms with van der Waals surface area (Å²) < 4.78 is 10.2. The van der Waals surface area contributed by atoms with Gasteiger partial charge in [-0.25, -0.2) is 0 Å². The molecule has 1 heterocycles. The summed E-state index contributed by atoms with van der Waals surface area (Å²) in [5.41, 5.74) is 0.890. The molecule has 1 aromatic rings. The zero-order chi connectivity index (χ0) is 12.3. The molecule has 0 radical (unpaired) electrons. The number of nitrogens with one attached hydrogen (secondary N) is 1. The first-order chi connectivity index (χ1) is 8.20. The van der Waals surface area contributed by atoms with Crippen LogP contribution in [0.25, 0.3) is 0 Å². The highest BCUT2D eigenvalue weighted by Gasteiger charge is 2.27. The molecular weight excluding hydrogens is 222 g/mol. The standard InChI is InChI=1S/C12H15NO4/c1-16-12(15)10-7-17-11(6-13-10)8-3-2-4-9(14)5-8/h2-5,10-11,13-14H,6-7H2,1H3. The predicted octanol–water partition coefficient (Wildman–Crippen LogP) is 0.595. The Hall–Kier alpha value is -1.59. The first-order valence-corrected chi connectivity index (χ1v) is 5.42. The lowest BCUT2D eigenvalue weighted by Gasteiger charge is -2.29. The Labute approximate surface area is 99.3 Å². The van der Waals surface area contributed by atoms with Gasteiger partial charge in [-0.1, -0.05) is 12.1 Å². The Bertz CT molecular complexity index is 399. The van der Waals surface area contributed by atoms with Crippen LogP contribution in [0.4, 0.5) is 0 Å². The Morgan fingerprint density at radius 1 is 1.59 bits per heavy atom. The molecule has 0 saturated carbocycles. The van der Waals surface area contributed by atoms with Crippen molar-refractivity contribution < 1.29 is 19.4 Å². The van der Waals surface area contributed by atoms with Crippen molar-refractivity contribution >= 4 is 5.97 Å². The average molecular weight is 237 g/mol. The van der Waals surface area contributed by atoms with Crippen molar-refractivity contribution in [3.05, 3.63) is 29.8 Å². The lowest BCUT2D eigenvalue weighted by molar-refractivity contribution is -0.147. The summed E-state index contributed by atoms with van der Waals surface area (Å²) >= 11 is 0. The molecular formula is C12H15NO4. The Morgan fingerprint density at radius 3 is 3.00 bits per heavy atom. The van der Waals surface area contributed by atoms with Crippen molar-refractivity contribution in [3.8, 4) is 5.75 Å². The third-order valence-electron chi connectivity index (χ3n) is 2.74. The van der Waals surface area contributed by atoms with Gasteiger partial charge in [0.05, 0.1) is 19.8 Å². The van der Waals surface area contributed by atoms with Gasteiger partial charge in [0, 0.05) is 6.54 Å². The summed E-state index contributed by atoms with van der Waals surface area (Å²) in [5.74, 6) is -0.111. The summed E-state index contributed by atoms with van der Waals surface area (Å²) in [5, 5.41) is 12.4. The first-order valence-electron chi connectivity index (χ1n) is 5.42. The third kappa shape index (κ3) is 2.75. The second-order valence-corrected chi connectivity index (χ2v) is 3.90. The molecule has 1 saturated heterocycles. The van der Waals surface area contributed by atoms with E-state index in [2.05, 4.69) is 10.1 Å². The molecule has 0 aromatic heterocycles. The quantitative estimate of drug-likeness (QED) is 0.737. The molecule has 2 atom stereocenters. The summed E-state index contributed by atoms with van der Waals surface area (Å²) in [6.45, 7) is 0.788. The van der Waals surface area contributed by atoms with E-state index in [0.717, 1.165) is 5.56 Å². The molecule has 0 aliphatic carbocycles. The Balaban J connectivity index is 1.97. The summed E-state index contributed by atoms with van der Waals surface area (Å²) in [7, 11) is 1.35. The summed E-state index contributed by atoms with van der Waals surface area (Å²) in [6.07, 6.45) is -0.150. The van der Waals surface area contributed by atoms with Gasteiger partial charge in [-0.3, -0.25) is 10.1 Å². The van der Waals surface area contributed by atoms with Crippen molar-refractivity contribution in [3.63, 3.8) is 0 Å².